The van der Waals surface area contributed by atoms with Crippen LogP contribution in [0.2, 0.25) is 0 Å². The highest BCUT2D eigenvalue weighted by Crippen LogP contribution is 2.06. The molecule has 1 N–H and O–H groups in total. The van der Waals surface area contributed by atoms with Crippen LogP contribution in [-0.2, 0) is 11.3 Å². The zero-order valence-corrected chi connectivity index (χ0v) is 10.4. The van der Waals surface area contributed by atoms with Gasteiger partial charge < -0.3 is 14.6 Å². The van der Waals surface area contributed by atoms with Gasteiger partial charge in [0.05, 0.1) is 0 Å². The van der Waals surface area contributed by atoms with Crippen LogP contribution in [0.15, 0.2) is 18.3 Å². The van der Waals surface area contributed by atoms with E-state index < -0.39 is 5.97 Å². The Morgan fingerprint density at radius 2 is 2.18 bits per heavy atom. The van der Waals surface area contributed by atoms with Crippen LogP contribution < -0.4 is 0 Å². The van der Waals surface area contributed by atoms with E-state index in [0.29, 0.717) is 0 Å². The number of carbonyl (C=O) groups excluding carboxylic acids is 1. The Kier molecular flexibility index (Phi) is 4.31. The van der Waals surface area contributed by atoms with E-state index in [1.807, 2.05) is 13.8 Å². The maximum absolute atomic E-state index is 11.9. The van der Waals surface area contributed by atoms with E-state index in [4.69, 9.17) is 5.11 Å². The van der Waals surface area contributed by atoms with Crippen LogP contribution in [0.4, 0.5) is 0 Å². The van der Waals surface area contributed by atoms with Crippen LogP contribution in [-0.4, -0.2) is 39.5 Å². The van der Waals surface area contributed by atoms with Gasteiger partial charge in [0, 0.05) is 19.3 Å². The lowest BCUT2D eigenvalue weighted by molar-refractivity contribution is -0.132. The molecule has 0 spiro atoms. The molecule has 0 radical (unpaired) electrons. The van der Waals surface area contributed by atoms with Gasteiger partial charge in [0.2, 0.25) is 5.91 Å². The Labute approximate surface area is 101 Å². The van der Waals surface area contributed by atoms with Crippen molar-refractivity contribution in [1.29, 1.82) is 0 Å². The second-order valence-electron chi connectivity index (χ2n) is 4.09. The largest absolute Gasteiger partial charge is 0.477 e. The van der Waals surface area contributed by atoms with Crippen molar-refractivity contribution in [3.05, 3.63) is 24.0 Å². The summed E-state index contributed by atoms with van der Waals surface area (Å²) >= 11 is 0. The number of hydrogen-bond acceptors (Lipinski definition) is 2. The van der Waals surface area contributed by atoms with Gasteiger partial charge in [0.25, 0.3) is 0 Å². The number of nitrogens with zero attached hydrogens (tertiary/aromatic N) is 2. The number of likely N-dealkylation sites (N-methyl/N-ethyl adjacent to an activating group) is 1. The maximum atomic E-state index is 11.9. The number of carboxylic acid groups (broad SMARTS) is 1. The monoisotopic (exact) mass is 238 g/mol. The molecular weight excluding hydrogens is 220 g/mol. The predicted molar refractivity (Wildman–Crippen MR) is 63.9 cm³/mol. The van der Waals surface area contributed by atoms with Gasteiger partial charge in [0.1, 0.15) is 12.2 Å². The molecule has 1 rings (SSSR count). The highest BCUT2D eigenvalue weighted by molar-refractivity contribution is 5.86. The smallest absolute Gasteiger partial charge is 0.352 e. The Balaban J connectivity index is 2.74. The van der Waals surface area contributed by atoms with Crippen molar-refractivity contribution in [2.45, 2.75) is 32.9 Å². The van der Waals surface area contributed by atoms with E-state index in [0.717, 1.165) is 6.42 Å². The first-order valence-electron chi connectivity index (χ1n) is 5.61. The van der Waals surface area contributed by atoms with Crippen molar-refractivity contribution in [2.75, 3.05) is 7.05 Å². The van der Waals surface area contributed by atoms with E-state index in [1.54, 1.807) is 24.2 Å². The lowest BCUT2D eigenvalue weighted by Gasteiger charge is -2.24. The molecule has 0 saturated carbocycles. The van der Waals surface area contributed by atoms with Crippen LogP contribution in [0.25, 0.3) is 0 Å². The molecule has 17 heavy (non-hydrogen) atoms. The predicted octanol–water partition coefficient (Wildman–Crippen LogP) is 1.44. The van der Waals surface area contributed by atoms with Gasteiger partial charge in [-0.3, -0.25) is 4.79 Å². The number of aromatic nitrogens is 1. The lowest BCUT2D eigenvalue weighted by Crippen LogP contribution is -2.37. The Morgan fingerprint density at radius 3 is 2.71 bits per heavy atom. The molecule has 1 amide bonds. The fraction of sp³-hybridized carbons (Fsp3) is 0.500. The molecule has 0 aliphatic heterocycles. The summed E-state index contributed by atoms with van der Waals surface area (Å²) in [5.74, 6) is -1.10. The SMILES string of the molecule is CCC(C)N(C)C(=O)Cn1cccc1C(=O)O. The normalized spacial score (nSPS) is 12.2. The summed E-state index contributed by atoms with van der Waals surface area (Å²) in [6.07, 6.45) is 2.48. The first-order chi connectivity index (χ1) is 7.97. The number of amides is 1. The molecule has 94 valence electrons. The van der Waals surface area contributed by atoms with Gasteiger partial charge in [0.15, 0.2) is 0 Å². The Bertz CT molecular complexity index is 412. The Hall–Kier alpha value is -1.78. The maximum Gasteiger partial charge on any atom is 0.352 e. The molecule has 0 aliphatic rings. The van der Waals surface area contributed by atoms with Crippen molar-refractivity contribution < 1.29 is 14.7 Å². The van der Waals surface area contributed by atoms with Crippen LogP contribution in [0.3, 0.4) is 0 Å². The quantitative estimate of drug-likeness (QED) is 0.844. The fourth-order valence-electron chi connectivity index (χ4n) is 1.52. The van der Waals surface area contributed by atoms with Crippen LogP contribution >= 0.6 is 0 Å². The first kappa shape index (κ1) is 13.3. The standard InChI is InChI=1S/C12H18N2O3/c1-4-9(2)13(3)11(15)8-14-7-5-6-10(14)12(16)17/h5-7,9H,4,8H2,1-3H3,(H,16,17). The molecule has 0 aromatic carbocycles. The summed E-state index contributed by atoms with van der Waals surface area (Å²) in [5.41, 5.74) is 0.135. The minimum absolute atomic E-state index is 0.0650. The third kappa shape index (κ3) is 3.09. The molecule has 1 aromatic rings. The summed E-state index contributed by atoms with van der Waals surface area (Å²) in [6.45, 7) is 4.04. The van der Waals surface area contributed by atoms with Gasteiger partial charge >= 0.3 is 5.97 Å². The van der Waals surface area contributed by atoms with E-state index in [9.17, 15) is 9.59 Å². The van der Waals surface area contributed by atoms with E-state index >= 15 is 0 Å². The fourth-order valence-corrected chi connectivity index (χ4v) is 1.52. The van der Waals surface area contributed by atoms with Crippen molar-refractivity contribution in [1.82, 2.24) is 9.47 Å². The number of aromatic carboxylic acids is 1. The third-order valence-electron chi connectivity index (χ3n) is 3.00. The average Bonchev–Trinajstić information content (AvgIpc) is 2.75. The molecule has 1 aromatic heterocycles. The van der Waals surface area contributed by atoms with E-state index in [2.05, 4.69) is 0 Å². The van der Waals surface area contributed by atoms with Crippen molar-refractivity contribution >= 4 is 11.9 Å². The molecule has 5 nitrogen and oxygen atoms in total. The topological polar surface area (TPSA) is 62.5 Å². The minimum atomic E-state index is -1.02. The molecule has 0 aliphatic carbocycles. The molecule has 0 saturated heterocycles. The van der Waals surface area contributed by atoms with E-state index in [1.165, 1.54) is 10.6 Å². The van der Waals surface area contributed by atoms with Crippen molar-refractivity contribution in [3.8, 4) is 0 Å². The van der Waals surface area contributed by atoms with Crippen molar-refractivity contribution in [2.24, 2.45) is 0 Å². The zero-order chi connectivity index (χ0) is 13.0. The number of hydrogen-bond donors (Lipinski definition) is 1. The lowest BCUT2D eigenvalue weighted by atomic mass is 10.2. The summed E-state index contributed by atoms with van der Waals surface area (Å²) in [5, 5.41) is 8.92. The van der Waals surface area contributed by atoms with Gasteiger partial charge in [-0.15, -0.1) is 0 Å². The van der Waals surface area contributed by atoms with Gasteiger partial charge in [-0.1, -0.05) is 6.92 Å². The summed E-state index contributed by atoms with van der Waals surface area (Å²) in [6, 6.07) is 3.27. The molecule has 1 heterocycles. The van der Waals surface area contributed by atoms with Crippen LogP contribution in [0.1, 0.15) is 30.8 Å². The molecule has 1 atom stereocenters. The third-order valence-corrected chi connectivity index (χ3v) is 3.00. The number of rotatable bonds is 5. The van der Waals surface area contributed by atoms with Crippen LogP contribution in [0.5, 0.6) is 0 Å². The molecule has 0 fully saturated rings. The summed E-state index contributed by atoms with van der Waals surface area (Å²) in [4.78, 5) is 24.4. The number of carboxylic acids is 1. The van der Waals surface area contributed by atoms with Gasteiger partial charge in [-0.2, -0.15) is 0 Å². The van der Waals surface area contributed by atoms with E-state index in [-0.39, 0.29) is 24.2 Å². The van der Waals surface area contributed by atoms with Gasteiger partial charge in [-0.25, -0.2) is 4.79 Å². The highest BCUT2D eigenvalue weighted by atomic mass is 16.4. The zero-order valence-electron chi connectivity index (χ0n) is 10.4. The molecular formula is C12H18N2O3. The second-order valence-corrected chi connectivity index (χ2v) is 4.09. The number of carbonyl (C=O) groups is 2. The average molecular weight is 238 g/mol. The molecule has 1 unspecified atom stereocenters. The molecule has 0 bridgehead atoms. The Morgan fingerprint density at radius 1 is 1.53 bits per heavy atom. The second kappa shape index (κ2) is 5.52. The van der Waals surface area contributed by atoms with Crippen molar-refractivity contribution in [3.63, 3.8) is 0 Å². The van der Waals surface area contributed by atoms with Crippen LogP contribution in [0, 0.1) is 0 Å². The highest BCUT2D eigenvalue weighted by Gasteiger charge is 2.17. The summed E-state index contributed by atoms with van der Waals surface area (Å²) in [7, 11) is 1.74. The molecule has 5 heteroatoms. The first-order valence-corrected chi connectivity index (χ1v) is 5.61. The summed E-state index contributed by atoms with van der Waals surface area (Å²) < 4.78 is 1.45. The van der Waals surface area contributed by atoms with Gasteiger partial charge in [-0.05, 0) is 25.5 Å². The minimum Gasteiger partial charge on any atom is -0.477 e.